The van der Waals surface area contributed by atoms with Crippen molar-refractivity contribution in [3.05, 3.63) is 0 Å². The monoisotopic (exact) mass is 310 g/mol. The number of carbonyl (C=O) groups excluding carboxylic acids is 1. The lowest BCUT2D eigenvalue weighted by molar-refractivity contribution is -0.140. The Bertz CT molecular complexity index is 384. The molecular formula is C17H30N2O3. The standard InChI is InChI=1S/C17H30N2O3/c1-21-12-9-19-14-17(7-3-16(19)20)6-2-8-18(13-17)15-4-10-22-11-5-15/h15H,2-14H2,1H3. The number of piperidine rings is 2. The summed E-state index contributed by atoms with van der Waals surface area (Å²) in [4.78, 5) is 16.9. The van der Waals surface area contributed by atoms with Crippen LogP contribution in [0.4, 0.5) is 0 Å². The van der Waals surface area contributed by atoms with Crippen LogP contribution in [0.15, 0.2) is 0 Å². The van der Waals surface area contributed by atoms with Crippen molar-refractivity contribution in [1.82, 2.24) is 9.80 Å². The second kappa shape index (κ2) is 7.28. The number of carbonyl (C=O) groups is 1. The minimum atomic E-state index is 0.311. The van der Waals surface area contributed by atoms with Gasteiger partial charge in [-0.25, -0.2) is 0 Å². The van der Waals surface area contributed by atoms with Crippen LogP contribution < -0.4 is 0 Å². The van der Waals surface area contributed by atoms with Crippen molar-refractivity contribution < 1.29 is 14.3 Å². The molecule has 3 aliphatic heterocycles. The number of nitrogens with zero attached hydrogens (tertiary/aromatic N) is 2. The lowest BCUT2D eigenvalue weighted by Gasteiger charge is -2.50. The summed E-state index contributed by atoms with van der Waals surface area (Å²) in [6.07, 6.45) is 6.65. The highest BCUT2D eigenvalue weighted by Gasteiger charge is 2.42. The van der Waals surface area contributed by atoms with Gasteiger partial charge in [-0.15, -0.1) is 0 Å². The fraction of sp³-hybridized carbons (Fsp3) is 0.941. The molecule has 5 nitrogen and oxygen atoms in total. The molecule has 0 radical (unpaired) electrons. The van der Waals surface area contributed by atoms with E-state index in [-0.39, 0.29) is 0 Å². The average Bonchev–Trinajstić information content (AvgIpc) is 2.57. The number of hydrogen-bond donors (Lipinski definition) is 0. The van der Waals surface area contributed by atoms with Crippen LogP contribution >= 0.6 is 0 Å². The first-order valence-electron chi connectivity index (χ1n) is 8.81. The molecule has 3 rings (SSSR count). The highest BCUT2D eigenvalue weighted by molar-refractivity contribution is 5.77. The molecule has 22 heavy (non-hydrogen) atoms. The van der Waals surface area contributed by atoms with Crippen LogP contribution in [0.2, 0.25) is 0 Å². The van der Waals surface area contributed by atoms with Gasteiger partial charge in [0.05, 0.1) is 6.61 Å². The van der Waals surface area contributed by atoms with Gasteiger partial charge in [0.25, 0.3) is 0 Å². The Labute approximate surface area is 133 Å². The predicted molar refractivity (Wildman–Crippen MR) is 84.8 cm³/mol. The molecule has 0 N–H and O–H groups in total. The third-order valence-electron chi connectivity index (χ3n) is 5.71. The molecule has 0 saturated carbocycles. The first kappa shape index (κ1) is 16.2. The topological polar surface area (TPSA) is 42.0 Å². The smallest absolute Gasteiger partial charge is 0.222 e. The first-order valence-corrected chi connectivity index (χ1v) is 8.81. The van der Waals surface area contributed by atoms with Gasteiger partial charge in [-0.2, -0.15) is 0 Å². The van der Waals surface area contributed by atoms with E-state index in [1.807, 2.05) is 4.90 Å². The molecule has 0 aromatic rings. The number of likely N-dealkylation sites (tertiary alicyclic amines) is 2. The van der Waals surface area contributed by atoms with Gasteiger partial charge >= 0.3 is 0 Å². The van der Waals surface area contributed by atoms with Crippen molar-refractivity contribution in [2.45, 2.75) is 44.6 Å². The van der Waals surface area contributed by atoms with Crippen LogP contribution in [-0.2, 0) is 14.3 Å². The second-order valence-electron chi connectivity index (χ2n) is 7.23. The normalized spacial score (nSPS) is 31.9. The Kier molecular flexibility index (Phi) is 5.37. The Hall–Kier alpha value is -0.650. The Balaban J connectivity index is 1.62. The Morgan fingerprint density at radius 2 is 2.09 bits per heavy atom. The number of amides is 1. The number of hydrogen-bond acceptors (Lipinski definition) is 4. The summed E-state index contributed by atoms with van der Waals surface area (Å²) in [5.74, 6) is 0.311. The maximum absolute atomic E-state index is 12.1. The van der Waals surface area contributed by atoms with Gasteiger partial charge in [0.1, 0.15) is 0 Å². The molecule has 3 aliphatic rings. The molecule has 1 spiro atoms. The van der Waals surface area contributed by atoms with E-state index in [2.05, 4.69) is 4.90 Å². The number of ether oxygens (including phenoxy) is 2. The van der Waals surface area contributed by atoms with Crippen LogP contribution in [0.25, 0.3) is 0 Å². The summed E-state index contributed by atoms with van der Waals surface area (Å²) < 4.78 is 10.7. The summed E-state index contributed by atoms with van der Waals surface area (Å²) in [5, 5.41) is 0. The maximum Gasteiger partial charge on any atom is 0.222 e. The molecule has 1 amide bonds. The summed E-state index contributed by atoms with van der Waals surface area (Å²) >= 11 is 0. The van der Waals surface area contributed by atoms with E-state index >= 15 is 0 Å². The molecule has 3 heterocycles. The van der Waals surface area contributed by atoms with E-state index in [4.69, 9.17) is 9.47 Å². The Morgan fingerprint density at radius 1 is 1.27 bits per heavy atom. The van der Waals surface area contributed by atoms with Crippen molar-refractivity contribution in [3.8, 4) is 0 Å². The van der Waals surface area contributed by atoms with E-state index in [0.717, 1.165) is 39.3 Å². The minimum absolute atomic E-state index is 0.311. The van der Waals surface area contributed by atoms with E-state index < -0.39 is 0 Å². The maximum atomic E-state index is 12.1. The van der Waals surface area contributed by atoms with Gasteiger partial charge in [-0.05, 0) is 38.6 Å². The molecule has 1 unspecified atom stereocenters. The highest BCUT2D eigenvalue weighted by atomic mass is 16.5. The molecular weight excluding hydrogens is 280 g/mol. The van der Waals surface area contributed by atoms with Crippen LogP contribution in [-0.4, -0.2) is 74.9 Å². The summed E-state index contributed by atoms with van der Waals surface area (Å²) in [6, 6.07) is 0.691. The third kappa shape index (κ3) is 3.63. The lowest BCUT2D eigenvalue weighted by atomic mass is 9.73. The quantitative estimate of drug-likeness (QED) is 0.789. The molecule has 0 bridgehead atoms. The van der Waals surface area contributed by atoms with Crippen LogP contribution in [0.1, 0.15) is 38.5 Å². The van der Waals surface area contributed by atoms with Gasteiger partial charge in [0.2, 0.25) is 5.91 Å². The van der Waals surface area contributed by atoms with E-state index in [1.165, 1.54) is 32.2 Å². The van der Waals surface area contributed by atoms with Crippen molar-refractivity contribution in [3.63, 3.8) is 0 Å². The largest absolute Gasteiger partial charge is 0.383 e. The zero-order chi connectivity index (χ0) is 15.4. The zero-order valence-electron chi connectivity index (χ0n) is 13.9. The minimum Gasteiger partial charge on any atom is -0.383 e. The van der Waals surface area contributed by atoms with Gasteiger partial charge in [-0.3, -0.25) is 9.69 Å². The molecule has 5 heteroatoms. The van der Waals surface area contributed by atoms with E-state index in [0.29, 0.717) is 30.4 Å². The molecule has 1 atom stereocenters. The third-order valence-corrected chi connectivity index (χ3v) is 5.71. The van der Waals surface area contributed by atoms with E-state index in [1.54, 1.807) is 7.11 Å². The molecule has 126 valence electrons. The molecule has 0 aromatic heterocycles. The zero-order valence-corrected chi connectivity index (χ0v) is 13.9. The average molecular weight is 310 g/mol. The molecule has 3 fully saturated rings. The lowest BCUT2D eigenvalue weighted by Crippen LogP contribution is -2.56. The number of rotatable bonds is 4. The fourth-order valence-corrected chi connectivity index (χ4v) is 4.45. The van der Waals surface area contributed by atoms with Crippen molar-refractivity contribution in [1.29, 1.82) is 0 Å². The SMILES string of the molecule is COCCN1CC2(CCCN(C3CCOCC3)C2)CCC1=O. The first-order chi connectivity index (χ1) is 10.7. The van der Waals surface area contributed by atoms with Crippen LogP contribution in [0.3, 0.4) is 0 Å². The van der Waals surface area contributed by atoms with Crippen molar-refractivity contribution in [2.24, 2.45) is 5.41 Å². The van der Waals surface area contributed by atoms with Gasteiger partial charge in [0, 0.05) is 57.8 Å². The van der Waals surface area contributed by atoms with Gasteiger partial charge in [0.15, 0.2) is 0 Å². The van der Waals surface area contributed by atoms with Crippen molar-refractivity contribution in [2.75, 3.05) is 53.1 Å². The molecule has 0 aliphatic carbocycles. The highest BCUT2D eigenvalue weighted by Crippen LogP contribution is 2.40. The van der Waals surface area contributed by atoms with Crippen LogP contribution in [0.5, 0.6) is 0 Å². The van der Waals surface area contributed by atoms with Gasteiger partial charge in [-0.1, -0.05) is 0 Å². The fourth-order valence-electron chi connectivity index (χ4n) is 4.45. The van der Waals surface area contributed by atoms with Gasteiger partial charge < -0.3 is 14.4 Å². The predicted octanol–water partition coefficient (Wildman–Crippen LogP) is 1.52. The summed E-state index contributed by atoms with van der Waals surface area (Å²) in [6.45, 7) is 6.51. The molecule has 0 aromatic carbocycles. The van der Waals surface area contributed by atoms with Crippen molar-refractivity contribution >= 4 is 5.91 Å². The summed E-state index contributed by atoms with van der Waals surface area (Å²) in [5.41, 5.74) is 0.318. The van der Waals surface area contributed by atoms with Crippen LogP contribution in [0, 0.1) is 5.41 Å². The molecule has 3 saturated heterocycles. The second-order valence-corrected chi connectivity index (χ2v) is 7.23. The summed E-state index contributed by atoms with van der Waals surface area (Å²) in [7, 11) is 1.71. The number of methoxy groups -OCH3 is 1. The Morgan fingerprint density at radius 3 is 2.86 bits per heavy atom. The van der Waals surface area contributed by atoms with E-state index in [9.17, 15) is 4.79 Å².